The van der Waals surface area contributed by atoms with Crippen LogP contribution in [0.15, 0.2) is 18.2 Å². The molecule has 2 atom stereocenters. The van der Waals surface area contributed by atoms with Crippen LogP contribution in [0.1, 0.15) is 25.8 Å². The highest BCUT2D eigenvalue weighted by molar-refractivity contribution is 5.48. The Balaban J connectivity index is 1.86. The van der Waals surface area contributed by atoms with Crippen LogP contribution >= 0.6 is 0 Å². The minimum Gasteiger partial charge on any atom is -0.454 e. The molecule has 2 N–H and O–H groups in total. The van der Waals surface area contributed by atoms with Crippen LogP contribution in [0, 0.1) is 5.92 Å². The molecule has 1 aliphatic rings. The Morgan fingerprint density at radius 3 is 3.00 bits per heavy atom. The van der Waals surface area contributed by atoms with Crippen molar-refractivity contribution in [1.82, 2.24) is 5.32 Å². The zero-order valence-electron chi connectivity index (χ0n) is 11.0. The summed E-state index contributed by atoms with van der Waals surface area (Å²) in [7, 11) is 0. The number of para-hydroxylation sites is 1. The molecule has 1 heterocycles. The number of benzene rings is 1. The van der Waals surface area contributed by atoms with E-state index >= 15 is 0 Å². The molecule has 4 heteroatoms. The Hall–Kier alpha value is -1.26. The Morgan fingerprint density at radius 2 is 2.22 bits per heavy atom. The molecule has 0 saturated carbocycles. The first-order valence-corrected chi connectivity index (χ1v) is 6.48. The fourth-order valence-corrected chi connectivity index (χ4v) is 1.96. The quantitative estimate of drug-likeness (QED) is 0.811. The molecule has 0 fully saturated rings. The van der Waals surface area contributed by atoms with E-state index in [-0.39, 0.29) is 6.10 Å². The number of rotatable bonds is 6. The fraction of sp³-hybridized carbons (Fsp3) is 0.571. The molecule has 0 aliphatic carbocycles. The fourth-order valence-electron chi connectivity index (χ4n) is 1.96. The molecule has 2 rings (SSSR count). The largest absolute Gasteiger partial charge is 0.454 e. The normalized spacial score (nSPS) is 16.6. The molecule has 100 valence electrons. The first-order valence-electron chi connectivity index (χ1n) is 6.48. The minimum atomic E-state index is -0.302. The summed E-state index contributed by atoms with van der Waals surface area (Å²) in [5.74, 6) is 1.94. The number of aliphatic hydroxyl groups is 1. The summed E-state index contributed by atoms with van der Waals surface area (Å²) >= 11 is 0. The molecule has 1 aliphatic heterocycles. The van der Waals surface area contributed by atoms with Crippen LogP contribution in [0.25, 0.3) is 0 Å². The van der Waals surface area contributed by atoms with E-state index in [0.29, 0.717) is 25.8 Å². The van der Waals surface area contributed by atoms with E-state index in [9.17, 15) is 5.11 Å². The van der Waals surface area contributed by atoms with Gasteiger partial charge in [-0.15, -0.1) is 0 Å². The Labute approximate surface area is 108 Å². The Morgan fingerprint density at radius 1 is 1.39 bits per heavy atom. The molecule has 18 heavy (non-hydrogen) atoms. The van der Waals surface area contributed by atoms with Gasteiger partial charge in [0.1, 0.15) is 0 Å². The summed E-state index contributed by atoms with van der Waals surface area (Å²) in [6.07, 6.45) is 0.685. The van der Waals surface area contributed by atoms with Crippen molar-refractivity contribution in [3.05, 3.63) is 23.8 Å². The van der Waals surface area contributed by atoms with Crippen molar-refractivity contribution in [1.29, 1.82) is 0 Å². The van der Waals surface area contributed by atoms with Gasteiger partial charge in [-0.3, -0.25) is 0 Å². The summed E-state index contributed by atoms with van der Waals surface area (Å²) in [5, 5.41) is 13.1. The average Bonchev–Trinajstić information content (AvgIpc) is 2.86. The average molecular weight is 251 g/mol. The van der Waals surface area contributed by atoms with E-state index < -0.39 is 0 Å². The maximum atomic E-state index is 9.87. The third-order valence-electron chi connectivity index (χ3n) is 3.45. The summed E-state index contributed by atoms with van der Waals surface area (Å²) in [6.45, 7) is 5.72. The predicted molar refractivity (Wildman–Crippen MR) is 69.7 cm³/mol. The molecule has 1 aromatic carbocycles. The van der Waals surface area contributed by atoms with Gasteiger partial charge in [0.15, 0.2) is 11.5 Å². The van der Waals surface area contributed by atoms with Crippen LogP contribution in [0.5, 0.6) is 11.5 Å². The second kappa shape index (κ2) is 6.07. The molecule has 0 aromatic heterocycles. The highest BCUT2D eigenvalue weighted by Gasteiger charge is 2.17. The van der Waals surface area contributed by atoms with Gasteiger partial charge in [0, 0.05) is 18.7 Å². The van der Waals surface area contributed by atoms with Gasteiger partial charge in [-0.25, -0.2) is 0 Å². The van der Waals surface area contributed by atoms with Crippen molar-refractivity contribution >= 4 is 0 Å². The summed E-state index contributed by atoms with van der Waals surface area (Å²) in [5.41, 5.74) is 1.07. The van der Waals surface area contributed by atoms with E-state index in [1.807, 2.05) is 18.2 Å². The predicted octanol–water partition coefficient (Wildman–Crippen LogP) is 1.91. The van der Waals surface area contributed by atoms with Crippen molar-refractivity contribution < 1.29 is 14.6 Å². The molecule has 0 bridgehead atoms. The zero-order chi connectivity index (χ0) is 13.0. The third kappa shape index (κ3) is 2.94. The van der Waals surface area contributed by atoms with Crippen LogP contribution < -0.4 is 14.8 Å². The topological polar surface area (TPSA) is 50.7 Å². The molecule has 4 nitrogen and oxygen atoms in total. The van der Waals surface area contributed by atoms with Crippen LogP contribution in [0.4, 0.5) is 0 Å². The second-order valence-corrected chi connectivity index (χ2v) is 4.73. The van der Waals surface area contributed by atoms with Crippen molar-refractivity contribution in [3.63, 3.8) is 0 Å². The third-order valence-corrected chi connectivity index (χ3v) is 3.45. The van der Waals surface area contributed by atoms with Crippen LogP contribution in [0.3, 0.4) is 0 Å². The molecule has 0 saturated heterocycles. The maximum Gasteiger partial charge on any atom is 0.231 e. The minimum absolute atomic E-state index is 0.293. The van der Waals surface area contributed by atoms with E-state index in [4.69, 9.17) is 9.47 Å². The van der Waals surface area contributed by atoms with Gasteiger partial charge in [0.2, 0.25) is 6.79 Å². The monoisotopic (exact) mass is 251 g/mol. The highest BCUT2D eigenvalue weighted by Crippen LogP contribution is 2.35. The van der Waals surface area contributed by atoms with Crippen LogP contribution in [-0.2, 0) is 6.54 Å². The number of fused-ring (bicyclic) bond motifs is 1. The maximum absolute atomic E-state index is 9.87. The molecule has 0 radical (unpaired) electrons. The molecule has 0 amide bonds. The lowest BCUT2D eigenvalue weighted by atomic mass is 10.0. The van der Waals surface area contributed by atoms with Gasteiger partial charge >= 0.3 is 0 Å². The van der Waals surface area contributed by atoms with Gasteiger partial charge in [0.25, 0.3) is 0 Å². The van der Waals surface area contributed by atoms with Crippen LogP contribution in [-0.4, -0.2) is 24.5 Å². The SMILES string of the molecule is CCC(C)C(O)CNCc1cccc2c1OCO2. The van der Waals surface area contributed by atoms with Gasteiger partial charge in [-0.2, -0.15) is 0 Å². The van der Waals surface area contributed by atoms with Crippen molar-refractivity contribution in [2.75, 3.05) is 13.3 Å². The summed E-state index contributed by atoms with van der Waals surface area (Å²) in [6, 6.07) is 5.87. The molecular formula is C14H21NO3. The van der Waals surface area contributed by atoms with E-state index in [0.717, 1.165) is 23.5 Å². The van der Waals surface area contributed by atoms with Gasteiger partial charge < -0.3 is 19.9 Å². The number of hydrogen-bond donors (Lipinski definition) is 2. The van der Waals surface area contributed by atoms with Gasteiger partial charge in [-0.1, -0.05) is 32.4 Å². The number of hydrogen-bond acceptors (Lipinski definition) is 4. The van der Waals surface area contributed by atoms with E-state index in [2.05, 4.69) is 19.2 Å². The van der Waals surface area contributed by atoms with Crippen LogP contribution in [0.2, 0.25) is 0 Å². The lowest BCUT2D eigenvalue weighted by molar-refractivity contribution is 0.112. The second-order valence-electron chi connectivity index (χ2n) is 4.73. The highest BCUT2D eigenvalue weighted by atomic mass is 16.7. The standard InChI is InChI=1S/C14H21NO3/c1-3-10(2)12(16)8-15-7-11-5-4-6-13-14(11)18-9-17-13/h4-6,10,12,15-16H,3,7-9H2,1-2H3. The van der Waals surface area contributed by atoms with Crippen molar-refractivity contribution in [2.45, 2.75) is 32.9 Å². The number of aliphatic hydroxyl groups excluding tert-OH is 1. The number of ether oxygens (including phenoxy) is 2. The molecular weight excluding hydrogens is 230 g/mol. The van der Waals surface area contributed by atoms with E-state index in [1.165, 1.54) is 0 Å². The molecule has 1 aromatic rings. The lowest BCUT2D eigenvalue weighted by Crippen LogP contribution is -2.31. The zero-order valence-corrected chi connectivity index (χ0v) is 11.0. The summed E-state index contributed by atoms with van der Waals surface area (Å²) in [4.78, 5) is 0. The van der Waals surface area contributed by atoms with Crippen molar-refractivity contribution in [3.8, 4) is 11.5 Å². The summed E-state index contributed by atoms with van der Waals surface area (Å²) < 4.78 is 10.8. The Kier molecular flexibility index (Phi) is 4.44. The smallest absolute Gasteiger partial charge is 0.231 e. The van der Waals surface area contributed by atoms with Gasteiger partial charge in [0.05, 0.1) is 6.10 Å². The van der Waals surface area contributed by atoms with Crippen molar-refractivity contribution in [2.24, 2.45) is 5.92 Å². The first kappa shape index (κ1) is 13.2. The first-order chi connectivity index (χ1) is 8.72. The van der Waals surface area contributed by atoms with Gasteiger partial charge in [-0.05, 0) is 12.0 Å². The molecule has 2 unspecified atom stereocenters. The lowest BCUT2D eigenvalue weighted by Gasteiger charge is -2.17. The van der Waals surface area contributed by atoms with E-state index in [1.54, 1.807) is 0 Å². The Bertz CT molecular complexity index is 395. The molecule has 0 spiro atoms. The number of nitrogens with one attached hydrogen (secondary N) is 1.